The second-order valence-corrected chi connectivity index (χ2v) is 6.79. The molecule has 134 valence electrons. The van der Waals surface area contributed by atoms with Gasteiger partial charge in [-0.2, -0.15) is 0 Å². The number of amides is 2. The fraction of sp³-hybridized carbons (Fsp3) is 0.350. The number of nitrogens with zero attached hydrogens (tertiary/aromatic N) is 3. The quantitative estimate of drug-likeness (QED) is 0.915. The maximum atomic E-state index is 12.7. The molecule has 1 aliphatic carbocycles. The van der Waals surface area contributed by atoms with Crippen LogP contribution in [0.5, 0.6) is 0 Å². The first kappa shape index (κ1) is 16.6. The molecule has 1 N–H and O–H groups in total. The summed E-state index contributed by atoms with van der Waals surface area (Å²) in [4.78, 5) is 33.1. The van der Waals surface area contributed by atoms with E-state index in [0.717, 1.165) is 31.7 Å². The van der Waals surface area contributed by atoms with Crippen molar-refractivity contribution >= 4 is 17.6 Å². The van der Waals surface area contributed by atoms with Crippen molar-refractivity contribution in [1.29, 1.82) is 0 Å². The summed E-state index contributed by atoms with van der Waals surface area (Å²) >= 11 is 0. The summed E-state index contributed by atoms with van der Waals surface area (Å²) in [7, 11) is 0. The number of hydrogen-bond acceptors (Lipinski definition) is 4. The van der Waals surface area contributed by atoms with Crippen LogP contribution in [0.3, 0.4) is 0 Å². The average Bonchev–Trinajstić information content (AvgIpc) is 3.52. The highest BCUT2D eigenvalue weighted by Gasteiger charge is 2.25. The van der Waals surface area contributed by atoms with Crippen LogP contribution < -0.4 is 10.2 Å². The van der Waals surface area contributed by atoms with E-state index in [0.29, 0.717) is 30.3 Å². The van der Waals surface area contributed by atoms with E-state index in [2.05, 4.69) is 15.2 Å². The van der Waals surface area contributed by atoms with Gasteiger partial charge in [0.15, 0.2) is 0 Å². The predicted molar refractivity (Wildman–Crippen MR) is 99.3 cm³/mol. The maximum Gasteiger partial charge on any atom is 0.253 e. The molecule has 0 radical (unpaired) electrons. The van der Waals surface area contributed by atoms with Crippen LogP contribution in [-0.4, -0.2) is 53.9 Å². The van der Waals surface area contributed by atoms with Crippen LogP contribution in [0.25, 0.3) is 0 Å². The van der Waals surface area contributed by atoms with E-state index in [1.165, 1.54) is 0 Å². The highest BCUT2D eigenvalue weighted by Crippen LogP contribution is 2.20. The summed E-state index contributed by atoms with van der Waals surface area (Å²) in [6, 6.07) is 13.1. The Bertz CT molecular complexity index is 779. The lowest BCUT2D eigenvalue weighted by Gasteiger charge is -2.35. The molecule has 2 aromatic rings. The van der Waals surface area contributed by atoms with Crippen molar-refractivity contribution in [2.24, 2.45) is 0 Å². The van der Waals surface area contributed by atoms with Crippen LogP contribution in [0.2, 0.25) is 0 Å². The number of aromatic nitrogens is 1. The van der Waals surface area contributed by atoms with E-state index in [1.807, 2.05) is 23.1 Å². The van der Waals surface area contributed by atoms with Crippen molar-refractivity contribution in [3.05, 3.63) is 59.8 Å². The van der Waals surface area contributed by atoms with Crippen LogP contribution in [-0.2, 0) is 0 Å². The van der Waals surface area contributed by atoms with Gasteiger partial charge in [0.2, 0.25) is 0 Å². The van der Waals surface area contributed by atoms with Gasteiger partial charge in [0.25, 0.3) is 11.8 Å². The van der Waals surface area contributed by atoms with Crippen molar-refractivity contribution in [2.45, 2.75) is 18.9 Å². The van der Waals surface area contributed by atoms with E-state index < -0.39 is 0 Å². The molecule has 0 bridgehead atoms. The Hall–Kier alpha value is -2.89. The molecule has 1 aromatic carbocycles. The summed E-state index contributed by atoms with van der Waals surface area (Å²) in [5.41, 5.74) is 1.23. The van der Waals surface area contributed by atoms with Gasteiger partial charge in [-0.15, -0.1) is 0 Å². The monoisotopic (exact) mass is 350 g/mol. The summed E-state index contributed by atoms with van der Waals surface area (Å²) < 4.78 is 0. The van der Waals surface area contributed by atoms with Gasteiger partial charge >= 0.3 is 0 Å². The third-order valence-electron chi connectivity index (χ3n) is 4.85. The molecule has 26 heavy (non-hydrogen) atoms. The van der Waals surface area contributed by atoms with Crippen molar-refractivity contribution in [2.75, 3.05) is 31.1 Å². The van der Waals surface area contributed by atoms with E-state index in [4.69, 9.17) is 0 Å². The number of carbonyl (C=O) groups is 2. The van der Waals surface area contributed by atoms with Gasteiger partial charge in [-0.1, -0.05) is 6.07 Å². The lowest BCUT2D eigenvalue weighted by atomic mass is 10.1. The minimum absolute atomic E-state index is 0.0137. The fourth-order valence-electron chi connectivity index (χ4n) is 3.12. The largest absolute Gasteiger partial charge is 0.353 e. The van der Waals surface area contributed by atoms with Gasteiger partial charge in [0.1, 0.15) is 5.82 Å². The van der Waals surface area contributed by atoms with Crippen molar-refractivity contribution in [3.8, 4) is 0 Å². The van der Waals surface area contributed by atoms with Gasteiger partial charge in [-0.05, 0) is 49.2 Å². The third-order valence-corrected chi connectivity index (χ3v) is 4.85. The number of rotatable bonds is 4. The molecule has 2 heterocycles. The number of pyridine rings is 1. The molecule has 0 unspecified atom stereocenters. The minimum Gasteiger partial charge on any atom is -0.353 e. The van der Waals surface area contributed by atoms with Crippen molar-refractivity contribution in [1.82, 2.24) is 15.2 Å². The fourth-order valence-corrected chi connectivity index (χ4v) is 3.12. The Balaban J connectivity index is 1.35. The van der Waals surface area contributed by atoms with Crippen molar-refractivity contribution in [3.63, 3.8) is 0 Å². The maximum absolute atomic E-state index is 12.7. The summed E-state index contributed by atoms with van der Waals surface area (Å²) in [6.45, 7) is 2.87. The SMILES string of the molecule is O=C(NC1CC1)c1ccc(C(=O)N2CCN(c3ccccn3)CC2)cc1. The number of benzene rings is 1. The zero-order chi connectivity index (χ0) is 17.9. The van der Waals surface area contributed by atoms with Gasteiger partial charge in [-0.25, -0.2) is 4.98 Å². The van der Waals surface area contributed by atoms with Crippen LogP contribution >= 0.6 is 0 Å². The number of piperazine rings is 1. The van der Waals surface area contributed by atoms with Gasteiger partial charge in [-0.3, -0.25) is 9.59 Å². The summed E-state index contributed by atoms with van der Waals surface area (Å²) in [5.74, 6) is 0.904. The third kappa shape index (κ3) is 3.69. The Morgan fingerprint density at radius 1 is 0.923 bits per heavy atom. The highest BCUT2D eigenvalue weighted by molar-refractivity contribution is 5.98. The minimum atomic E-state index is -0.0597. The number of hydrogen-bond donors (Lipinski definition) is 1. The Kier molecular flexibility index (Phi) is 4.56. The molecule has 4 rings (SSSR count). The topological polar surface area (TPSA) is 65.5 Å². The van der Waals surface area contributed by atoms with Crippen LogP contribution in [0.1, 0.15) is 33.6 Å². The Morgan fingerprint density at radius 2 is 1.62 bits per heavy atom. The molecule has 6 nitrogen and oxygen atoms in total. The first-order chi connectivity index (χ1) is 12.7. The first-order valence-electron chi connectivity index (χ1n) is 9.07. The molecule has 1 aromatic heterocycles. The first-order valence-corrected chi connectivity index (χ1v) is 9.07. The molecule has 1 aliphatic heterocycles. The summed E-state index contributed by atoms with van der Waals surface area (Å²) in [6.07, 6.45) is 3.91. The molecule has 1 saturated heterocycles. The van der Waals surface area contributed by atoms with E-state index in [1.54, 1.807) is 30.5 Å². The van der Waals surface area contributed by atoms with Crippen LogP contribution in [0, 0.1) is 0 Å². The van der Waals surface area contributed by atoms with Gasteiger partial charge < -0.3 is 15.1 Å². The molecule has 0 atom stereocenters. The second-order valence-electron chi connectivity index (χ2n) is 6.79. The predicted octanol–water partition coefficient (Wildman–Crippen LogP) is 1.94. The van der Waals surface area contributed by atoms with Crippen LogP contribution in [0.4, 0.5) is 5.82 Å². The van der Waals surface area contributed by atoms with E-state index in [9.17, 15) is 9.59 Å². The zero-order valence-corrected chi connectivity index (χ0v) is 14.6. The van der Waals surface area contributed by atoms with Crippen LogP contribution in [0.15, 0.2) is 48.7 Å². The standard InChI is InChI=1S/C20H22N4O2/c25-19(22-17-8-9-17)15-4-6-16(7-5-15)20(26)24-13-11-23(12-14-24)18-3-1-2-10-21-18/h1-7,10,17H,8-9,11-14H2,(H,22,25). The zero-order valence-electron chi connectivity index (χ0n) is 14.6. The average molecular weight is 350 g/mol. The molecule has 6 heteroatoms. The Labute approximate surface area is 152 Å². The lowest BCUT2D eigenvalue weighted by molar-refractivity contribution is 0.0746. The van der Waals surface area contributed by atoms with Gasteiger partial charge in [0, 0.05) is 49.5 Å². The summed E-state index contributed by atoms with van der Waals surface area (Å²) in [5, 5.41) is 2.96. The van der Waals surface area contributed by atoms with E-state index >= 15 is 0 Å². The number of anilines is 1. The second kappa shape index (κ2) is 7.15. The van der Waals surface area contributed by atoms with E-state index in [-0.39, 0.29) is 11.8 Å². The Morgan fingerprint density at radius 3 is 2.23 bits per heavy atom. The molecular weight excluding hydrogens is 328 g/mol. The highest BCUT2D eigenvalue weighted by atomic mass is 16.2. The molecule has 2 fully saturated rings. The number of carbonyl (C=O) groups excluding carboxylic acids is 2. The molecule has 2 amide bonds. The van der Waals surface area contributed by atoms with Crippen molar-refractivity contribution < 1.29 is 9.59 Å². The number of nitrogens with one attached hydrogen (secondary N) is 1. The lowest BCUT2D eigenvalue weighted by Crippen LogP contribution is -2.49. The normalized spacial score (nSPS) is 17.1. The van der Waals surface area contributed by atoms with Gasteiger partial charge in [0.05, 0.1) is 0 Å². The molecule has 2 aliphatic rings. The molecular formula is C20H22N4O2. The molecule has 0 spiro atoms. The smallest absolute Gasteiger partial charge is 0.253 e. The molecule has 1 saturated carbocycles.